The predicted molar refractivity (Wildman–Crippen MR) is 81.4 cm³/mol. The van der Waals surface area contributed by atoms with Gasteiger partial charge in [0.05, 0.1) is 25.9 Å². The Kier molecular flexibility index (Phi) is 4.42. The summed E-state index contributed by atoms with van der Waals surface area (Å²) in [6, 6.07) is 9.84. The molecule has 5 nitrogen and oxygen atoms in total. The molecule has 2 aromatic carbocycles. The van der Waals surface area contributed by atoms with Gasteiger partial charge in [-0.2, -0.15) is 0 Å². The molecule has 0 aliphatic heterocycles. The first kappa shape index (κ1) is 14.8. The van der Waals surface area contributed by atoms with Crippen molar-refractivity contribution >= 4 is 5.69 Å². The van der Waals surface area contributed by atoms with Crippen LogP contribution in [0, 0.1) is 0 Å². The van der Waals surface area contributed by atoms with Crippen LogP contribution in [0.5, 0.6) is 23.0 Å². The molecule has 5 heteroatoms. The van der Waals surface area contributed by atoms with Gasteiger partial charge in [0.1, 0.15) is 23.0 Å². The van der Waals surface area contributed by atoms with Gasteiger partial charge in [-0.05, 0) is 31.2 Å². The summed E-state index contributed by atoms with van der Waals surface area (Å²) in [6.07, 6.45) is 0. The fraction of sp³-hybridized carbons (Fsp3) is 0.250. The summed E-state index contributed by atoms with van der Waals surface area (Å²) in [4.78, 5) is 0. The largest absolute Gasteiger partial charge is 0.508 e. The second kappa shape index (κ2) is 6.26. The Morgan fingerprint density at radius 2 is 1.76 bits per heavy atom. The molecular formula is C16H19NO4. The second-order valence-corrected chi connectivity index (χ2v) is 4.68. The van der Waals surface area contributed by atoms with Gasteiger partial charge in [0.2, 0.25) is 0 Å². The van der Waals surface area contributed by atoms with E-state index in [0.717, 1.165) is 5.69 Å². The molecule has 2 rings (SSSR count). The first-order valence-electron chi connectivity index (χ1n) is 6.55. The zero-order valence-corrected chi connectivity index (χ0v) is 12.3. The number of ether oxygens (including phenoxy) is 2. The molecule has 0 aliphatic carbocycles. The molecule has 2 aromatic rings. The number of phenols is 2. The average Bonchev–Trinajstić information content (AvgIpc) is 2.47. The number of nitrogens with one attached hydrogen (secondary N) is 1. The van der Waals surface area contributed by atoms with Crippen LogP contribution in [0.3, 0.4) is 0 Å². The molecular weight excluding hydrogens is 270 g/mol. The fourth-order valence-corrected chi connectivity index (χ4v) is 2.13. The van der Waals surface area contributed by atoms with E-state index in [2.05, 4.69) is 5.32 Å². The van der Waals surface area contributed by atoms with Crippen LogP contribution in [-0.2, 0) is 0 Å². The van der Waals surface area contributed by atoms with Crippen molar-refractivity contribution in [1.29, 1.82) is 0 Å². The van der Waals surface area contributed by atoms with Gasteiger partial charge in [-0.25, -0.2) is 0 Å². The van der Waals surface area contributed by atoms with Crippen molar-refractivity contribution < 1.29 is 19.7 Å². The quantitative estimate of drug-likeness (QED) is 0.788. The molecule has 0 aliphatic rings. The van der Waals surface area contributed by atoms with Crippen molar-refractivity contribution in [2.45, 2.75) is 13.0 Å². The van der Waals surface area contributed by atoms with E-state index in [1.54, 1.807) is 32.4 Å². The zero-order chi connectivity index (χ0) is 15.4. The number of hydrogen-bond donors (Lipinski definition) is 3. The second-order valence-electron chi connectivity index (χ2n) is 4.68. The van der Waals surface area contributed by atoms with Gasteiger partial charge in [0.15, 0.2) is 0 Å². The van der Waals surface area contributed by atoms with E-state index in [1.807, 2.05) is 19.1 Å². The van der Waals surface area contributed by atoms with Gasteiger partial charge >= 0.3 is 0 Å². The van der Waals surface area contributed by atoms with E-state index < -0.39 is 0 Å². The van der Waals surface area contributed by atoms with Crippen LogP contribution < -0.4 is 14.8 Å². The first-order valence-corrected chi connectivity index (χ1v) is 6.55. The van der Waals surface area contributed by atoms with Crippen molar-refractivity contribution in [3.8, 4) is 23.0 Å². The minimum absolute atomic E-state index is 0.0329. The molecule has 3 N–H and O–H groups in total. The van der Waals surface area contributed by atoms with E-state index in [9.17, 15) is 10.2 Å². The van der Waals surface area contributed by atoms with Crippen molar-refractivity contribution in [1.82, 2.24) is 0 Å². The number of hydrogen-bond acceptors (Lipinski definition) is 5. The summed E-state index contributed by atoms with van der Waals surface area (Å²) in [6.45, 7) is 1.91. The number of anilines is 1. The highest BCUT2D eigenvalue weighted by molar-refractivity contribution is 5.60. The van der Waals surface area contributed by atoms with Crippen LogP contribution >= 0.6 is 0 Å². The summed E-state index contributed by atoms with van der Waals surface area (Å²) in [5.41, 5.74) is 1.48. The average molecular weight is 289 g/mol. The molecule has 0 radical (unpaired) electrons. The summed E-state index contributed by atoms with van der Waals surface area (Å²) < 4.78 is 10.5. The lowest BCUT2D eigenvalue weighted by atomic mass is 10.1. The molecule has 21 heavy (non-hydrogen) atoms. The van der Waals surface area contributed by atoms with Gasteiger partial charge in [-0.1, -0.05) is 0 Å². The van der Waals surface area contributed by atoms with E-state index in [0.29, 0.717) is 17.1 Å². The van der Waals surface area contributed by atoms with Crippen LogP contribution in [-0.4, -0.2) is 24.4 Å². The van der Waals surface area contributed by atoms with E-state index in [-0.39, 0.29) is 17.5 Å². The normalized spacial score (nSPS) is 11.8. The Labute approximate surface area is 123 Å². The molecule has 0 spiro atoms. The van der Waals surface area contributed by atoms with Crippen LogP contribution in [0.4, 0.5) is 5.69 Å². The van der Waals surface area contributed by atoms with E-state index >= 15 is 0 Å². The molecule has 0 saturated heterocycles. The molecule has 0 bridgehead atoms. The highest BCUT2D eigenvalue weighted by Crippen LogP contribution is 2.34. The Hall–Kier alpha value is -2.56. The number of phenolic OH excluding ortho intramolecular Hbond substituents is 2. The number of benzene rings is 2. The lowest BCUT2D eigenvalue weighted by Gasteiger charge is -2.19. The molecule has 0 heterocycles. The highest BCUT2D eigenvalue weighted by atomic mass is 16.5. The van der Waals surface area contributed by atoms with Gasteiger partial charge in [0, 0.05) is 17.7 Å². The van der Waals surface area contributed by atoms with Crippen molar-refractivity contribution in [2.24, 2.45) is 0 Å². The predicted octanol–water partition coefficient (Wildman–Crippen LogP) is 3.29. The molecule has 0 fully saturated rings. The molecule has 1 unspecified atom stereocenters. The van der Waals surface area contributed by atoms with E-state index in [1.165, 1.54) is 6.07 Å². The summed E-state index contributed by atoms with van der Waals surface area (Å²) in [5.74, 6) is 1.44. The third-order valence-electron chi connectivity index (χ3n) is 3.26. The smallest absolute Gasteiger partial charge is 0.145 e. The van der Waals surface area contributed by atoms with Gasteiger partial charge < -0.3 is 25.0 Å². The van der Waals surface area contributed by atoms with Crippen molar-refractivity contribution in [3.63, 3.8) is 0 Å². The molecule has 0 saturated carbocycles. The molecule has 112 valence electrons. The van der Waals surface area contributed by atoms with Crippen LogP contribution in [0.25, 0.3) is 0 Å². The lowest BCUT2D eigenvalue weighted by Crippen LogP contribution is -2.08. The topological polar surface area (TPSA) is 71.0 Å². The highest BCUT2D eigenvalue weighted by Gasteiger charge is 2.13. The van der Waals surface area contributed by atoms with Crippen LogP contribution in [0.1, 0.15) is 18.5 Å². The third kappa shape index (κ3) is 3.31. The summed E-state index contributed by atoms with van der Waals surface area (Å²) in [7, 11) is 3.18. The van der Waals surface area contributed by atoms with Gasteiger partial charge in [0.25, 0.3) is 0 Å². The molecule has 0 amide bonds. The fourth-order valence-electron chi connectivity index (χ4n) is 2.13. The maximum Gasteiger partial charge on any atom is 0.145 e. The number of aromatic hydroxyl groups is 2. The third-order valence-corrected chi connectivity index (χ3v) is 3.26. The standard InChI is InChI=1S/C16H19NO4/c1-10(13-6-4-11(18)8-15(13)19)17-14-7-5-12(20-2)9-16(14)21-3/h4-10,17-19H,1-3H3. The Balaban J connectivity index is 2.24. The molecule has 0 aromatic heterocycles. The monoisotopic (exact) mass is 289 g/mol. The van der Waals surface area contributed by atoms with Gasteiger partial charge in [-0.15, -0.1) is 0 Å². The minimum atomic E-state index is -0.159. The Bertz CT molecular complexity index is 628. The maximum absolute atomic E-state index is 9.90. The summed E-state index contributed by atoms with van der Waals surface area (Å²) in [5, 5.41) is 22.5. The van der Waals surface area contributed by atoms with Gasteiger partial charge in [-0.3, -0.25) is 0 Å². The number of rotatable bonds is 5. The minimum Gasteiger partial charge on any atom is -0.508 e. The van der Waals surface area contributed by atoms with Crippen LogP contribution in [0.15, 0.2) is 36.4 Å². The summed E-state index contributed by atoms with van der Waals surface area (Å²) >= 11 is 0. The van der Waals surface area contributed by atoms with E-state index in [4.69, 9.17) is 9.47 Å². The SMILES string of the molecule is COc1ccc(NC(C)c2ccc(O)cc2O)c(OC)c1. The Morgan fingerprint density at radius 3 is 2.38 bits per heavy atom. The Morgan fingerprint density at radius 1 is 1.00 bits per heavy atom. The number of methoxy groups -OCH3 is 2. The van der Waals surface area contributed by atoms with Crippen molar-refractivity contribution in [2.75, 3.05) is 19.5 Å². The zero-order valence-electron chi connectivity index (χ0n) is 12.3. The van der Waals surface area contributed by atoms with Crippen molar-refractivity contribution in [3.05, 3.63) is 42.0 Å². The molecule has 1 atom stereocenters. The lowest BCUT2D eigenvalue weighted by molar-refractivity contribution is 0.395. The maximum atomic E-state index is 9.90. The first-order chi connectivity index (χ1) is 10.0. The van der Waals surface area contributed by atoms with Crippen LogP contribution in [0.2, 0.25) is 0 Å².